The Bertz CT molecular complexity index is 1360. The number of carbonyl (C=O) groups is 3. The highest BCUT2D eigenvalue weighted by Crippen LogP contribution is 2.27. The SMILES string of the molecule is CC(C)C1CC(=O)N(C(C)C)C1.CC(C)C1CCN(C(C)C)C1.CC(C)C1CN(C(C)C)C(=O)CO1.CC(C)C1CN(C(C)C)C(=O)O1.CC(C)C1CN(C(C)C)C1.CC(C)C1CN(C(C)C)CCO1. The molecule has 6 heterocycles. The van der Waals surface area contributed by atoms with E-state index in [0.717, 1.165) is 81.5 Å². The summed E-state index contributed by atoms with van der Waals surface area (Å²) in [6.45, 7) is 63.6. The third kappa shape index (κ3) is 23.1. The molecule has 414 valence electrons. The summed E-state index contributed by atoms with van der Waals surface area (Å²) >= 11 is 0. The molecule has 12 nitrogen and oxygen atoms in total. The van der Waals surface area contributed by atoms with Crippen molar-refractivity contribution in [3.63, 3.8) is 0 Å². The van der Waals surface area contributed by atoms with Crippen molar-refractivity contribution < 1.29 is 28.6 Å². The van der Waals surface area contributed by atoms with E-state index in [1.807, 2.05) is 37.5 Å². The van der Waals surface area contributed by atoms with Gasteiger partial charge in [0.1, 0.15) is 12.7 Å². The molecule has 0 aromatic rings. The summed E-state index contributed by atoms with van der Waals surface area (Å²) in [5.74, 6) is 6.90. The van der Waals surface area contributed by atoms with Gasteiger partial charge in [-0.25, -0.2) is 4.79 Å². The van der Waals surface area contributed by atoms with E-state index in [9.17, 15) is 14.4 Å². The van der Waals surface area contributed by atoms with Gasteiger partial charge in [-0.1, -0.05) is 83.1 Å². The van der Waals surface area contributed by atoms with Crippen LogP contribution in [-0.2, 0) is 23.8 Å². The fourth-order valence-corrected chi connectivity index (χ4v) is 9.28. The third-order valence-electron chi connectivity index (χ3n) is 15.6. The van der Waals surface area contributed by atoms with Gasteiger partial charge in [0.2, 0.25) is 11.8 Å². The molecule has 0 saturated carbocycles. The van der Waals surface area contributed by atoms with Gasteiger partial charge in [-0.05, 0) is 149 Å². The lowest BCUT2D eigenvalue weighted by molar-refractivity contribution is -0.153. The van der Waals surface area contributed by atoms with E-state index < -0.39 is 0 Å². The van der Waals surface area contributed by atoms with Crippen LogP contribution in [-0.4, -0.2) is 174 Å². The second kappa shape index (κ2) is 32.3. The number of cyclic esters (lactones) is 1. The number of amides is 3. The molecule has 6 saturated heterocycles. The zero-order chi connectivity index (χ0) is 53.9. The Morgan fingerprint density at radius 3 is 1.13 bits per heavy atom. The maximum absolute atomic E-state index is 11.5. The quantitative estimate of drug-likeness (QED) is 0.189. The first-order valence-corrected chi connectivity index (χ1v) is 28.4. The Hall–Kier alpha value is -1.99. The zero-order valence-electron chi connectivity index (χ0n) is 50.2. The Morgan fingerprint density at radius 2 is 0.786 bits per heavy atom. The van der Waals surface area contributed by atoms with Gasteiger partial charge in [0.15, 0.2) is 0 Å². The molecule has 0 N–H and O–H groups in total. The van der Waals surface area contributed by atoms with Crippen LogP contribution in [0.1, 0.15) is 179 Å². The first-order chi connectivity index (χ1) is 32.4. The highest BCUT2D eigenvalue weighted by Gasteiger charge is 2.35. The van der Waals surface area contributed by atoms with Crippen LogP contribution in [0.3, 0.4) is 0 Å². The lowest BCUT2D eigenvalue weighted by Gasteiger charge is -2.44. The highest BCUT2D eigenvalue weighted by atomic mass is 16.6. The summed E-state index contributed by atoms with van der Waals surface area (Å²) in [4.78, 5) is 47.4. The van der Waals surface area contributed by atoms with Crippen LogP contribution in [0.15, 0.2) is 0 Å². The van der Waals surface area contributed by atoms with Gasteiger partial charge in [-0.2, -0.15) is 0 Å². The standard InChI is InChI=1S/C10H19NO2.C10H19NO.C10H21NO.C10H21N.C9H17NO2.C9H19N/c1-7(2)9-5-11(8(3)4)10(12)6-13-9;1-7(2)9-5-10(12)11(6-9)8(3)4;1-8(2)10-7-11(9(3)4)5-6-12-10;1-8(2)10-5-6-11(7-10)9(3)4;1-6(2)8-5-10(7(3)4)9(11)12-8;1-7(2)9-5-10(6-9)8(3)4/h7-9H,5-6H2,1-4H3;7-9H,5-6H2,1-4H3;8-10H,5-7H2,1-4H3;8-10H,5-7H2,1-4H3;6-8H,5H2,1-4H3;7-9H,5-6H2,1-4H3. The van der Waals surface area contributed by atoms with Crippen molar-refractivity contribution in [3.05, 3.63) is 0 Å². The molecule has 0 aromatic carbocycles. The van der Waals surface area contributed by atoms with Crippen LogP contribution in [0.5, 0.6) is 0 Å². The van der Waals surface area contributed by atoms with Crippen molar-refractivity contribution in [2.45, 2.75) is 234 Å². The number of hydrogen-bond donors (Lipinski definition) is 0. The number of morpholine rings is 2. The Labute approximate surface area is 433 Å². The molecule has 5 atom stereocenters. The molecule has 0 aliphatic carbocycles. The van der Waals surface area contributed by atoms with Gasteiger partial charge in [0.05, 0.1) is 25.4 Å². The van der Waals surface area contributed by atoms with Gasteiger partial charge in [0.25, 0.3) is 0 Å². The summed E-state index contributed by atoms with van der Waals surface area (Å²) in [5, 5.41) is 0. The summed E-state index contributed by atoms with van der Waals surface area (Å²) in [7, 11) is 0. The maximum atomic E-state index is 11.5. The Morgan fingerprint density at radius 1 is 0.371 bits per heavy atom. The minimum absolute atomic E-state index is 0.0832. The van der Waals surface area contributed by atoms with Gasteiger partial charge in [0, 0.05) is 88.5 Å². The van der Waals surface area contributed by atoms with Crippen LogP contribution in [0.2, 0.25) is 0 Å². The number of nitrogens with zero attached hydrogens (tertiary/aromatic N) is 6. The molecule has 6 rings (SSSR count). The van der Waals surface area contributed by atoms with E-state index in [2.05, 4.69) is 153 Å². The summed E-state index contributed by atoms with van der Waals surface area (Å²) in [5.41, 5.74) is 0. The number of likely N-dealkylation sites (tertiary alicyclic amines) is 3. The van der Waals surface area contributed by atoms with Crippen molar-refractivity contribution in [3.8, 4) is 0 Å². The van der Waals surface area contributed by atoms with Crippen LogP contribution in [0.25, 0.3) is 0 Å². The minimum Gasteiger partial charge on any atom is -0.444 e. The Balaban J connectivity index is 0.000000421. The molecule has 70 heavy (non-hydrogen) atoms. The van der Waals surface area contributed by atoms with E-state index in [1.165, 1.54) is 32.6 Å². The highest BCUT2D eigenvalue weighted by molar-refractivity contribution is 5.79. The Kier molecular flexibility index (Phi) is 30.5. The monoisotopic (exact) mass is 993 g/mol. The van der Waals surface area contributed by atoms with E-state index in [-0.39, 0.29) is 42.9 Å². The van der Waals surface area contributed by atoms with E-state index >= 15 is 0 Å². The molecule has 6 fully saturated rings. The molecule has 3 amide bonds. The van der Waals surface area contributed by atoms with Gasteiger partial charge < -0.3 is 38.7 Å². The molecule has 0 radical (unpaired) electrons. The molecular weight excluding hydrogens is 877 g/mol. The fraction of sp³-hybridized carbons (Fsp3) is 0.948. The predicted molar refractivity (Wildman–Crippen MR) is 294 cm³/mol. The lowest BCUT2D eigenvalue weighted by atomic mass is 9.87. The van der Waals surface area contributed by atoms with Crippen molar-refractivity contribution in [2.24, 2.45) is 53.3 Å². The molecule has 5 unspecified atom stereocenters. The number of rotatable bonds is 12. The molecule has 0 spiro atoms. The van der Waals surface area contributed by atoms with Crippen LogP contribution < -0.4 is 0 Å². The predicted octanol–water partition coefficient (Wildman–Crippen LogP) is 11.2. The largest absolute Gasteiger partial charge is 0.444 e. The van der Waals surface area contributed by atoms with Crippen molar-refractivity contribution >= 4 is 17.9 Å². The average molecular weight is 994 g/mol. The number of carbonyl (C=O) groups excluding carboxylic acids is 3. The van der Waals surface area contributed by atoms with Crippen molar-refractivity contribution in [2.75, 3.05) is 72.1 Å². The molecule has 12 heteroatoms. The van der Waals surface area contributed by atoms with E-state index in [0.29, 0.717) is 53.7 Å². The fourth-order valence-electron chi connectivity index (χ4n) is 9.28. The summed E-state index contributed by atoms with van der Waals surface area (Å²) < 4.78 is 16.3. The van der Waals surface area contributed by atoms with E-state index in [1.54, 1.807) is 4.90 Å². The number of ether oxygens (including phenoxy) is 3. The zero-order valence-corrected chi connectivity index (χ0v) is 50.2. The van der Waals surface area contributed by atoms with Crippen LogP contribution >= 0.6 is 0 Å². The average Bonchev–Trinajstić information content (AvgIpc) is 4.00. The molecule has 0 bridgehead atoms. The molecule has 6 aliphatic heterocycles. The summed E-state index contributed by atoms with van der Waals surface area (Å²) in [6.07, 6.45) is 2.75. The first kappa shape index (κ1) is 66.0. The number of hydrogen-bond acceptors (Lipinski definition) is 9. The third-order valence-corrected chi connectivity index (χ3v) is 15.6. The van der Waals surface area contributed by atoms with Gasteiger partial charge in [-0.15, -0.1) is 0 Å². The normalized spacial score (nSPS) is 25.0. The maximum Gasteiger partial charge on any atom is 0.410 e. The molecular formula is C58H116N6O6. The van der Waals surface area contributed by atoms with Crippen LogP contribution in [0.4, 0.5) is 4.79 Å². The van der Waals surface area contributed by atoms with Gasteiger partial charge >= 0.3 is 6.09 Å². The minimum atomic E-state index is -0.163. The lowest BCUT2D eigenvalue weighted by Crippen LogP contribution is -2.51. The smallest absolute Gasteiger partial charge is 0.410 e. The summed E-state index contributed by atoms with van der Waals surface area (Å²) in [6, 6.07) is 3.09. The van der Waals surface area contributed by atoms with E-state index in [4.69, 9.17) is 14.2 Å². The second-order valence-electron chi connectivity index (χ2n) is 25.2. The van der Waals surface area contributed by atoms with Crippen molar-refractivity contribution in [1.29, 1.82) is 0 Å². The molecule has 6 aliphatic rings. The van der Waals surface area contributed by atoms with Crippen molar-refractivity contribution in [1.82, 2.24) is 29.4 Å². The molecule has 0 aromatic heterocycles. The van der Waals surface area contributed by atoms with Crippen LogP contribution in [0, 0.1) is 53.3 Å². The second-order valence-corrected chi connectivity index (χ2v) is 25.2. The van der Waals surface area contributed by atoms with Gasteiger partial charge in [-0.3, -0.25) is 14.5 Å². The first-order valence-electron chi connectivity index (χ1n) is 28.4. The topological polar surface area (TPSA) is 98.3 Å².